The van der Waals surface area contributed by atoms with Crippen molar-refractivity contribution in [1.82, 2.24) is 9.88 Å². The lowest BCUT2D eigenvalue weighted by Crippen LogP contribution is -2.27. The number of aromatic nitrogens is 1. The van der Waals surface area contributed by atoms with Gasteiger partial charge >= 0.3 is 0 Å². The maximum Gasteiger partial charge on any atom is 0.125 e. The second kappa shape index (κ2) is 4.70. The van der Waals surface area contributed by atoms with Crippen molar-refractivity contribution >= 4 is 11.5 Å². The van der Waals surface area contributed by atoms with Gasteiger partial charge in [0, 0.05) is 38.1 Å². The standard InChI is InChI=1S/C12H20N4/c1-15-6-4-10(8-15)9-16(2)11-3-5-14-12(13)7-11/h3,5,7,10H,4,6,8-9H2,1-2H3,(H2,13,14). The predicted octanol–water partition coefficient (Wildman–Crippen LogP) is 1.05. The van der Waals surface area contributed by atoms with Gasteiger partial charge in [-0.25, -0.2) is 4.98 Å². The first kappa shape index (κ1) is 11.2. The topological polar surface area (TPSA) is 45.4 Å². The summed E-state index contributed by atoms with van der Waals surface area (Å²) in [6.45, 7) is 3.51. The lowest BCUT2D eigenvalue weighted by molar-refractivity contribution is 0.396. The lowest BCUT2D eigenvalue weighted by atomic mass is 10.1. The van der Waals surface area contributed by atoms with E-state index in [1.165, 1.54) is 19.5 Å². The van der Waals surface area contributed by atoms with Gasteiger partial charge in [-0.2, -0.15) is 0 Å². The maximum atomic E-state index is 5.68. The van der Waals surface area contributed by atoms with Crippen LogP contribution in [0.4, 0.5) is 11.5 Å². The van der Waals surface area contributed by atoms with Gasteiger partial charge in [0.05, 0.1) is 0 Å². The van der Waals surface area contributed by atoms with E-state index in [-0.39, 0.29) is 0 Å². The van der Waals surface area contributed by atoms with Crippen molar-refractivity contribution in [2.45, 2.75) is 6.42 Å². The highest BCUT2D eigenvalue weighted by molar-refractivity contribution is 5.51. The zero-order chi connectivity index (χ0) is 11.5. The summed E-state index contributed by atoms with van der Waals surface area (Å²) in [7, 11) is 4.30. The molecule has 0 saturated carbocycles. The van der Waals surface area contributed by atoms with Crippen molar-refractivity contribution in [3.05, 3.63) is 18.3 Å². The molecule has 0 radical (unpaired) electrons. The molecule has 16 heavy (non-hydrogen) atoms. The molecule has 0 aromatic carbocycles. The quantitative estimate of drug-likeness (QED) is 0.827. The van der Waals surface area contributed by atoms with Crippen molar-refractivity contribution in [2.24, 2.45) is 5.92 Å². The molecule has 88 valence electrons. The molecule has 4 heteroatoms. The molecule has 2 rings (SSSR count). The van der Waals surface area contributed by atoms with Gasteiger partial charge in [0.1, 0.15) is 5.82 Å². The Morgan fingerprint density at radius 3 is 3.06 bits per heavy atom. The smallest absolute Gasteiger partial charge is 0.125 e. The molecule has 0 bridgehead atoms. The minimum atomic E-state index is 0.591. The summed E-state index contributed by atoms with van der Waals surface area (Å²) in [6, 6.07) is 3.94. The van der Waals surface area contributed by atoms with Crippen molar-refractivity contribution in [3.63, 3.8) is 0 Å². The van der Waals surface area contributed by atoms with Gasteiger partial charge < -0.3 is 15.5 Å². The third kappa shape index (κ3) is 2.64. The van der Waals surface area contributed by atoms with Crippen molar-refractivity contribution in [1.29, 1.82) is 0 Å². The van der Waals surface area contributed by atoms with Crippen molar-refractivity contribution in [2.75, 3.05) is 44.4 Å². The van der Waals surface area contributed by atoms with Gasteiger partial charge in [-0.05, 0) is 32.0 Å². The van der Waals surface area contributed by atoms with Crippen molar-refractivity contribution < 1.29 is 0 Å². The third-order valence-corrected chi connectivity index (χ3v) is 3.23. The minimum absolute atomic E-state index is 0.591. The normalized spacial score (nSPS) is 21.2. The SMILES string of the molecule is CN1CCC(CN(C)c2ccnc(N)c2)C1. The Morgan fingerprint density at radius 2 is 2.44 bits per heavy atom. The largest absolute Gasteiger partial charge is 0.384 e. The fourth-order valence-electron chi connectivity index (χ4n) is 2.34. The summed E-state index contributed by atoms with van der Waals surface area (Å²) >= 11 is 0. The molecule has 1 saturated heterocycles. The van der Waals surface area contributed by atoms with Gasteiger partial charge in [-0.15, -0.1) is 0 Å². The molecule has 0 spiro atoms. The number of hydrogen-bond donors (Lipinski definition) is 1. The Balaban J connectivity index is 1.95. The number of anilines is 2. The van der Waals surface area contributed by atoms with E-state index in [4.69, 9.17) is 5.73 Å². The van der Waals surface area contributed by atoms with Crippen LogP contribution in [0.25, 0.3) is 0 Å². The molecule has 0 amide bonds. The fraction of sp³-hybridized carbons (Fsp3) is 0.583. The number of nitrogens with zero attached hydrogens (tertiary/aromatic N) is 3. The van der Waals surface area contributed by atoms with Crippen LogP contribution in [0.5, 0.6) is 0 Å². The summed E-state index contributed by atoms with van der Waals surface area (Å²) < 4.78 is 0. The van der Waals surface area contributed by atoms with E-state index in [1.54, 1.807) is 6.20 Å². The van der Waals surface area contributed by atoms with Gasteiger partial charge in [0.2, 0.25) is 0 Å². The van der Waals surface area contributed by atoms with Gasteiger partial charge in [0.15, 0.2) is 0 Å². The summed E-state index contributed by atoms with van der Waals surface area (Å²) in [5.41, 5.74) is 6.84. The van der Waals surface area contributed by atoms with Gasteiger partial charge in [-0.1, -0.05) is 0 Å². The van der Waals surface area contributed by atoms with E-state index in [2.05, 4.69) is 28.9 Å². The number of likely N-dealkylation sites (tertiary alicyclic amines) is 1. The van der Waals surface area contributed by atoms with Crippen LogP contribution in [-0.2, 0) is 0 Å². The van der Waals surface area contributed by atoms with Gasteiger partial charge in [0.25, 0.3) is 0 Å². The second-order valence-corrected chi connectivity index (χ2v) is 4.74. The molecule has 2 N–H and O–H groups in total. The van der Waals surface area contributed by atoms with E-state index in [0.717, 1.165) is 18.2 Å². The molecular formula is C12H20N4. The Morgan fingerprint density at radius 1 is 1.62 bits per heavy atom. The average Bonchev–Trinajstić information content (AvgIpc) is 2.64. The molecule has 1 aliphatic heterocycles. The van der Waals surface area contributed by atoms with Crippen LogP contribution in [0, 0.1) is 5.92 Å². The molecule has 0 aliphatic carbocycles. The Labute approximate surface area is 97.1 Å². The average molecular weight is 220 g/mol. The Hall–Kier alpha value is -1.29. The molecule has 1 atom stereocenters. The van der Waals surface area contributed by atoms with Crippen molar-refractivity contribution in [3.8, 4) is 0 Å². The monoisotopic (exact) mass is 220 g/mol. The van der Waals surface area contributed by atoms with Crippen LogP contribution in [0.3, 0.4) is 0 Å². The van der Waals surface area contributed by atoms with E-state index >= 15 is 0 Å². The van der Waals surface area contributed by atoms with E-state index in [1.807, 2.05) is 12.1 Å². The second-order valence-electron chi connectivity index (χ2n) is 4.74. The first-order chi connectivity index (χ1) is 7.65. The first-order valence-electron chi connectivity index (χ1n) is 5.76. The molecule has 2 heterocycles. The summed E-state index contributed by atoms with van der Waals surface area (Å²) in [4.78, 5) is 8.66. The van der Waals surface area contributed by atoms with E-state index in [9.17, 15) is 0 Å². The predicted molar refractivity (Wildman–Crippen MR) is 67.5 cm³/mol. The number of nitrogens with two attached hydrogens (primary N) is 1. The van der Waals surface area contributed by atoms with Crippen LogP contribution in [-0.4, -0.2) is 43.6 Å². The molecule has 4 nitrogen and oxygen atoms in total. The molecule has 1 aliphatic rings. The fourth-order valence-corrected chi connectivity index (χ4v) is 2.34. The van der Waals surface area contributed by atoms with Crippen LogP contribution >= 0.6 is 0 Å². The zero-order valence-electron chi connectivity index (χ0n) is 10.1. The third-order valence-electron chi connectivity index (χ3n) is 3.23. The highest BCUT2D eigenvalue weighted by Crippen LogP contribution is 2.20. The highest BCUT2D eigenvalue weighted by Gasteiger charge is 2.20. The summed E-state index contributed by atoms with van der Waals surface area (Å²) in [5, 5.41) is 0. The van der Waals surface area contributed by atoms with Gasteiger partial charge in [-0.3, -0.25) is 0 Å². The molecular weight excluding hydrogens is 200 g/mol. The Kier molecular flexibility index (Phi) is 3.29. The number of hydrogen-bond acceptors (Lipinski definition) is 4. The first-order valence-corrected chi connectivity index (χ1v) is 5.76. The molecule has 1 aromatic heterocycles. The lowest BCUT2D eigenvalue weighted by Gasteiger charge is -2.23. The minimum Gasteiger partial charge on any atom is -0.384 e. The van der Waals surface area contributed by atoms with E-state index in [0.29, 0.717) is 5.82 Å². The highest BCUT2D eigenvalue weighted by atomic mass is 15.2. The van der Waals surface area contributed by atoms with Crippen LogP contribution in [0.1, 0.15) is 6.42 Å². The van der Waals surface area contributed by atoms with Crippen LogP contribution in [0.2, 0.25) is 0 Å². The van der Waals surface area contributed by atoms with Crippen LogP contribution in [0.15, 0.2) is 18.3 Å². The maximum absolute atomic E-state index is 5.68. The number of nitrogen functional groups attached to an aromatic ring is 1. The summed E-state index contributed by atoms with van der Waals surface area (Å²) in [5.74, 6) is 1.36. The molecule has 1 unspecified atom stereocenters. The number of rotatable bonds is 3. The zero-order valence-corrected chi connectivity index (χ0v) is 10.1. The summed E-state index contributed by atoms with van der Waals surface area (Å²) in [6.07, 6.45) is 3.06. The Bertz CT molecular complexity index is 353. The molecule has 1 fully saturated rings. The van der Waals surface area contributed by atoms with Crippen LogP contribution < -0.4 is 10.6 Å². The molecule has 1 aromatic rings. The number of pyridine rings is 1. The van der Waals surface area contributed by atoms with E-state index < -0.39 is 0 Å².